The van der Waals surface area contributed by atoms with Crippen LogP contribution in [0.1, 0.15) is 38.5 Å². The van der Waals surface area contributed by atoms with Crippen molar-refractivity contribution >= 4 is 11.9 Å². The lowest BCUT2D eigenvalue weighted by Crippen LogP contribution is -2.51. The highest BCUT2D eigenvalue weighted by atomic mass is 16.5. The largest absolute Gasteiger partial charge is 0.488 e. The average molecular weight is 345 g/mol. The van der Waals surface area contributed by atoms with E-state index in [1.165, 1.54) is 6.42 Å². The second kappa shape index (κ2) is 8.23. The quantitative estimate of drug-likeness (QED) is 0.880. The van der Waals surface area contributed by atoms with Crippen LogP contribution >= 0.6 is 0 Å². The molecule has 6 nitrogen and oxygen atoms in total. The zero-order valence-electron chi connectivity index (χ0n) is 14.7. The molecule has 2 N–H and O–H groups in total. The summed E-state index contributed by atoms with van der Waals surface area (Å²) in [4.78, 5) is 26.6. The molecule has 0 unspecified atom stereocenters. The summed E-state index contributed by atoms with van der Waals surface area (Å²) >= 11 is 0. The maximum atomic E-state index is 12.7. The van der Waals surface area contributed by atoms with Gasteiger partial charge in [0.25, 0.3) is 0 Å². The van der Waals surface area contributed by atoms with Gasteiger partial charge in [0.2, 0.25) is 5.91 Å². The van der Waals surface area contributed by atoms with Gasteiger partial charge in [0.05, 0.1) is 6.54 Å². The number of para-hydroxylation sites is 1. The molecule has 0 radical (unpaired) electrons. The van der Waals surface area contributed by atoms with Gasteiger partial charge in [0, 0.05) is 19.5 Å². The number of nitrogens with zero attached hydrogens (tertiary/aromatic N) is 1. The van der Waals surface area contributed by atoms with Crippen molar-refractivity contribution in [3.05, 3.63) is 30.3 Å². The molecule has 1 heterocycles. The molecule has 1 aliphatic carbocycles. The maximum Gasteiger partial charge on any atom is 0.318 e. The Morgan fingerprint density at radius 3 is 2.52 bits per heavy atom. The number of amides is 3. The predicted octanol–water partition coefficient (Wildman–Crippen LogP) is 2.30. The summed E-state index contributed by atoms with van der Waals surface area (Å²) in [5, 5.41) is 5.77. The fourth-order valence-electron chi connectivity index (χ4n) is 3.72. The number of rotatable bonds is 4. The molecule has 6 heteroatoms. The molecule has 1 aliphatic heterocycles. The first-order valence-corrected chi connectivity index (χ1v) is 9.18. The van der Waals surface area contributed by atoms with Crippen molar-refractivity contribution in [1.82, 2.24) is 15.5 Å². The first kappa shape index (κ1) is 17.6. The van der Waals surface area contributed by atoms with Crippen LogP contribution in [0.25, 0.3) is 0 Å². The number of likely N-dealkylation sites (N-methyl/N-ethyl adjacent to an activating group) is 1. The molecule has 2 fully saturated rings. The molecule has 0 spiro atoms. The van der Waals surface area contributed by atoms with Crippen molar-refractivity contribution in [3.8, 4) is 5.75 Å². The molecule has 0 aromatic heterocycles. The number of likely N-dealkylation sites (tertiary alicyclic amines) is 1. The Morgan fingerprint density at radius 1 is 1.12 bits per heavy atom. The molecule has 1 aromatic rings. The molecule has 3 rings (SSSR count). The minimum atomic E-state index is -0.484. The van der Waals surface area contributed by atoms with E-state index >= 15 is 0 Å². The second-order valence-corrected chi connectivity index (χ2v) is 6.86. The summed E-state index contributed by atoms with van der Waals surface area (Å²) < 4.78 is 5.97. The van der Waals surface area contributed by atoms with Crippen molar-refractivity contribution in [2.24, 2.45) is 0 Å². The van der Waals surface area contributed by atoms with E-state index in [4.69, 9.17) is 4.74 Å². The number of benzene rings is 1. The van der Waals surface area contributed by atoms with E-state index in [1.54, 1.807) is 11.9 Å². The van der Waals surface area contributed by atoms with Crippen LogP contribution in [0.5, 0.6) is 5.75 Å². The lowest BCUT2D eigenvalue weighted by molar-refractivity contribution is -0.124. The van der Waals surface area contributed by atoms with Crippen LogP contribution in [0.15, 0.2) is 30.3 Å². The van der Waals surface area contributed by atoms with Crippen LogP contribution in [0.4, 0.5) is 4.79 Å². The highest BCUT2D eigenvalue weighted by molar-refractivity contribution is 5.87. The Balaban J connectivity index is 1.64. The van der Waals surface area contributed by atoms with Crippen molar-refractivity contribution in [2.45, 2.75) is 56.7 Å². The molecule has 2 aliphatic rings. The van der Waals surface area contributed by atoms with Crippen LogP contribution in [0.2, 0.25) is 0 Å². The Morgan fingerprint density at radius 2 is 1.84 bits per heavy atom. The molecule has 1 saturated heterocycles. The first-order valence-electron chi connectivity index (χ1n) is 9.18. The van der Waals surface area contributed by atoms with E-state index in [2.05, 4.69) is 10.6 Å². The SMILES string of the molecule is CNC(=O)[C@@H]1C[C@H](Oc2ccccc2)CN1C(=O)NC1CCCCC1. The second-order valence-electron chi connectivity index (χ2n) is 6.86. The normalized spacial score (nSPS) is 24.0. The lowest BCUT2D eigenvalue weighted by atomic mass is 9.96. The Bertz CT molecular complexity index is 587. The standard InChI is InChI=1S/C19H27N3O3/c1-20-18(23)17-12-16(25-15-10-6-3-7-11-15)13-22(17)19(24)21-14-8-4-2-5-9-14/h3,6-7,10-11,14,16-17H,2,4-5,8-9,12-13H2,1H3,(H,20,23)(H,21,24)/t16-,17-/m0/s1. The number of ether oxygens (including phenoxy) is 1. The van der Waals surface area contributed by atoms with Crippen LogP contribution in [0.3, 0.4) is 0 Å². The molecular weight excluding hydrogens is 318 g/mol. The average Bonchev–Trinajstić information content (AvgIpc) is 3.07. The van der Waals surface area contributed by atoms with E-state index in [-0.39, 0.29) is 24.1 Å². The third kappa shape index (κ3) is 4.44. The van der Waals surface area contributed by atoms with Crippen molar-refractivity contribution in [1.29, 1.82) is 0 Å². The zero-order chi connectivity index (χ0) is 17.6. The minimum absolute atomic E-state index is 0.141. The molecule has 1 aromatic carbocycles. The van der Waals surface area contributed by atoms with Crippen LogP contribution in [-0.4, -0.2) is 48.6 Å². The molecule has 1 saturated carbocycles. The number of carbonyl (C=O) groups excluding carboxylic acids is 2. The van der Waals surface area contributed by atoms with Crippen LogP contribution in [-0.2, 0) is 4.79 Å². The summed E-state index contributed by atoms with van der Waals surface area (Å²) in [6, 6.07) is 9.11. The van der Waals surface area contributed by atoms with Gasteiger partial charge < -0.3 is 20.3 Å². The van der Waals surface area contributed by atoms with Gasteiger partial charge in [-0.1, -0.05) is 37.5 Å². The smallest absolute Gasteiger partial charge is 0.318 e. The Labute approximate surface area is 148 Å². The molecule has 0 bridgehead atoms. The first-order chi connectivity index (χ1) is 12.2. The molecule has 136 valence electrons. The van der Waals surface area contributed by atoms with Gasteiger partial charge in [0.15, 0.2) is 0 Å². The van der Waals surface area contributed by atoms with Gasteiger partial charge in [-0.25, -0.2) is 4.79 Å². The van der Waals surface area contributed by atoms with Gasteiger partial charge in [-0.3, -0.25) is 4.79 Å². The fraction of sp³-hybridized carbons (Fsp3) is 0.579. The number of hydrogen-bond donors (Lipinski definition) is 2. The number of hydrogen-bond acceptors (Lipinski definition) is 3. The number of nitrogens with one attached hydrogen (secondary N) is 2. The van der Waals surface area contributed by atoms with Crippen molar-refractivity contribution in [2.75, 3.05) is 13.6 Å². The van der Waals surface area contributed by atoms with Gasteiger partial charge in [-0.05, 0) is 25.0 Å². The topological polar surface area (TPSA) is 70.7 Å². The summed E-state index contributed by atoms with van der Waals surface area (Å²) in [5.41, 5.74) is 0. The fourth-order valence-corrected chi connectivity index (χ4v) is 3.72. The third-order valence-electron chi connectivity index (χ3n) is 5.05. The number of carbonyl (C=O) groups is 2. The summed E-state index contributed by atoms with van der Waals surface area (Å²) in [6.45, 7) is 0.422. The van der Waals surface area contributed by atoms with E-state index in [9.17, 15) is 9.59 Å². The lowest BCUT2D eigenvalue weighted by Gasteiger charge is -2.28. The minimum Gasteiger partial charge on any atom is -0.488 e. The van der Waals surface area contributed by atoms with E-state index < -0.39 is 6.04 Å². The molecular formula is C19H27N3O3. The van der Waals surface area contributed by atoms with Crippen LogP contribution < -0.4 is 15.4 Å². The van der Waals surface area contributed by atoms with Crippen LogP contribution in [0, 0.1) is 0 Å². The van der Waals surface area contributed by atoms with Crippen molar-refractivity contribution in [3.63, 3.8) is 0 Å². The summed E-state index contributed by atoms with van der Waals surface area (Å²) in [6.07, 6.45) is 5.92. The highest BCUT2D eigenvalue weighted by Gasteiger charge is 2.41. The summed E-state index contributed by atoms with van der Waals surface area (Å²) in [7, 11) is 1.60. The van der Waals surface area contributed by atoms with E-state index in [0.717, 1.165) is 31.4 Å². The zero-order valence-corrected chi connectivity index (χ0v) is 14.7. The monoisotopic (exact) mass is 345 g/mol. The van der Waals surface area contributed by atoms with Crippen molar-refractivity contribution < 1.29 is 14.3 Å². The maximum absolute atomic E-state index is 12.7. The Kier molecular flexibility index (Phi) is 5.79. The number of urea groups is 1. The molecule has 25 heavy (non-hydrogen) atoms. The summed E-state index contributed by atoms with van der Waals surface area (Å²) in [5.74, 6) is 0.621. The van der Waals surface area contributed by atoms with Gasteiger partial charge in [-0.15, -0.1) is 0 Å². The molecule has 3 amide bonds. The van der Waals surface area contributed by atoms with Gasteiger partial charge in [0.1, 0.15) is 17.9 Å². The third-order valence-corrected chi connectivity index (χ3v) is 5.05. The van der Waals surface area contributed by atoms with Gasteiger partial charge in [-0.2, -0.15) is 0 Å². The highest BCUT2D eigenvalue weighted by Crippen LogP contribution is 2.24. The molecule has 2 atom stereocenters. The van der Waals surface area contributed by atoms with E-state index in [0.29, 0.717) is 13.0 Å². The Hall–Kier alpha value is -2.24. The predicted molar refractivity (Wildman–Crippen MR) is 95.4 cm³/mol. The van der Waals surface area contributed by atoms with Gasteiger partial charge >= 0.3 is 6.03 Å². The van der Waals surface area contributed by atoms with E-state index in [1.807, 2.05) is 30.3 Å².